The van der Waals surface area contributed by atoms with Crippen LogP contribution in [0.3, 0.4) is 0 Å². The molecule has 0 aliphatic heterocycles. The molecule has 0 amide bonds. The van der Waals surface area contributed by atoms with Crippen LogP contribution >= 0.6 is 0 Å². The number of fused-ring (bicyclic) bond motifs is 2. The van der Waals surface area contributed by atoms with Crippen LogP contribution in [0.15, 0.2) is 61.1 Å². The molecular formula is C23H19N7O. The van der Waals surface area contributed by atoms with Crippen molar-refractivity contribution in [2.24, 2.45) is 0 Å². The second kappa shape index (κ2) is 6.66. The van der Waals surface area contributed by atoms with Crippen LogP contribution in [0.2, 0.25) is 0 Å². The lowest BCUT2D eigenvalue weighted by Gasteiger charge is -2.12. The van der Waals surface area contributed by atoms with Gasteiger partial charge in [-0.1, -0.05) is 6.07 Å². The third-order valence-electron chi connectivity index (χ3n) is 5.73. The average Bonchev–Trinajstić information content (AvgIpc) is 3.52. The highest BCUT2D eigenvalue weighted by Crippen LogP contribution is 2.34. The molecule has 0 fully saturated rings. The van der Waals surface area contributed by atoms with Crippen LogP contribution in [0.5, 0.6) is 5.75 Å². The summed E-state index contributed by atoms with van der Waals surface area (Å²) in [7, 11) is 0. The summed E-state index contributed by atoms with van der Waals surface area (Å²) >= 11 is 0. The van der Waals surface area contributed by atoms with Gasteiger partial charge in [0, 0.05) is 30.3 Å². The van der Waals surface area contributed by atoms with Crippen LogP contribution in [-0.4, -0.2) is 34.4 Å². The number of anilines is 1. The molecule has 0 unspecified atom stereocenters. The SMILES string of the molecule is Nc1ncccc1-c1nc2cc(O)c(-n3cccn3)nc2n1-c1ccc2c(c1)CCC2. The van der Waals surface area contributed by atoms with E-state index >= 15 is 0 Å². The summed E-state index contributed by atoms with van der Waals surface area (Å²) < 4.78 is 3.51. The fourth-order valence-corrected chi connectivity index (χ4v) is 4.28. The van der Waals surface area contributed by atoms with E-state index in [2.05, 4.69) is 28.3 Å². The number of nitrogens with two attached hydrogens (primary N) is 1. The summed E-state index contributed by atoms with van der Waals surface area (Å²) in [6, 6.07) is 13.6. The van der Waals surface area contributed by atoms with Crippen molar-refractivity contribution in [1.82, 2.24) is 29.3 Å². The number of hydrogen-bond acceptors (Lipinski definition) is 6. The molecular weight excluding hydrogens is 390 g/mol. The highest BCUT2D eigenvalue weighted by molar-refractivity contribution is 5.84. The maximum atomic E-state index is 10.6. The van der Waals surface area contributed by atoms with Gasteiger partial charge in [0.15, 0.2) is 23.0 Å². The molecule has 0 bridgehead atoms. The maximum Gasteiger partial charge on any atom is 0.198 e. The number of benzene rings is 1. The first-order valence-corrected chi connectivity index (χ1v) is 10.1. The second-order valence-corrected chi connectivity index (χ2v) is 7.64. The molecule has 31 heavy (non-hydrogen) atoms. The van der Waals surface area contributed by atoms with Crippen molar-refractivity contribution in [3.8, 4) is 28.6 Å². The van der Waals surface area contributed by atoms with Crippen molar-refractivity contribution in [3.63, 3.8) is 0 Å². The zero-order chi connectivity index (χ0) is 20.9. The number of imidazole rings is 1. The highest BCUT2D eigenvalue weighted by Gasteiger charge is 2.22. The minimum absolute atomic E-state index is 0.000474. The van der Waals surface area contributed by atoms with E-state index in [0.29, 0.717) is 34.2 Å². The van der Waals surface area contributed by atoms with Gasteiger partial charge in [-0.25, -0.2) is 19.6 Å². The van der Waals surface area contributed by atoms with Gasteiger partial charge in [0.1, 0.15) is 11.3 Å². The topological polar surface area (TPSA) is 108 Å². The Morgan fingerprint density at radius 3 is 2.71 bits per heavy atom. The molecule has 0 radical (unpaired) electrons. The summed E-state index contributed by atoms with van der Waals surface area (Å²) in [5.74, 6) is 1.35. The summed E-state index contributed by atoms with van der Waals surface area (Å²) in [4.78, 5) is 13.8. The van der Waals surface area contributed by atoms with Gasteiger partial charge in [0.2, 0.25) is 0 Å². The Bertz CT molecular complexity index is 1440. The molecule has 0 saturated heterocycles. The highest BCUT2D eigenvalue weighted by atomic mass is 16.3. The summed E-state index contributed by atoms with van der Waals surface area (Å²) in [6.45, 7) is 0. The molecule has 0 atom stereocenters. The number of nitrogen functional groups attached to an aromatic ring is 1. The van der Waals surface area contributed by atoms with Gasteiger partial charge in [-0.2, -0.15) is 5.10 Å². The van der Waals surface area contributed by atoms with Crippen LogP contribution in [-0.2, 0) is 12.8 Å². The van der Waals surface area contributed by atoms with Crippen molar-refractivity contribution in [2.75, 3.05) is 5.73 Å². The van der Waals surface area contributed by atoms with Gasteiger partial charge in [-0.3, -0.25) is 4.57 Å². The lowest BCUT2D eigenvalue weighted by Crippen LogP contribution is -2.04. The Labute approximate surface area is 177 Å². The van der Waals surface area contributed by atoms with Crippen molar-refractivity contribution in [2.45, 2.75) is 19.3 Å². The van der Waals surface area contributed by atoms with E-state index in [9.17, 15) is 5.11 Å². The van der Waals surface area contributed by atoms with Crippen molar-refractivity contribution in [1.29, 1.82) is 0 Å². The summed E-state index contributed by atoms with van der Waals surface area (Å²) in [6.07, 6.45) is 8.38. The van der Waals surface area contributed by atoms with Gasteiger partial charge in [0.25, 0.3) is 0 Å². The zero-order valence-corrected chi connectivity index (χ0v) is 16.6. The third kappa shape index (κ3) is 2.76. The van der Waals surface area contributed by atoms with Gasteiger partial charge >= 0.3 is 0 Å². The summed E-state index contributed by atoms with van der Waals surface area (Å²) in [5, 5.41) is 14.8. The monoisotopic (exact) mass is 409 g/mol. The Morgan fingerprint density at radius 1 is 0.968 bits per heavy atom. The predicted molar refractivity (Wildman–Crippen MR) is 117 cm³/mol. The van der Waals surface area contributed by atoms with Gasteiger partial charge in [-0.15, -0.1) is 0 Å². The van der Waals surface area contributed by atoms with Crippen LogP contribution in [0.1, 0.15) is 17.5 Å². The van der Waals surface area contributed by atoms with E-state index in [1.807, 2.05) is 16.7 Å². The summed E-state index contributed by atoms with van der Waals surface area (Å²) in [5.41, 5.74) is 11.8. The first-order chi connectivity index (χ1) is 15.2. The smallest absolute Gasteiger partial charge is 0.198 e. The van der Waals surface area contributed by atoms with Crippen LogP contribution in [0.25, 0.3) is 34.1 Å². The molecule has 4 aromatic heterocycles. The van der Waals surface area contributed by atoms with Crippen molar-refractivity contribution >= 4 is 17.0 Å². The maximum absolute atomic E-state index is 10.6. The van der Waals surface area contributed by atoms with Gasteiger partial charge in [-0.05, 0) is 60.7 Å². The Balaban J connectivity index is 1.68. The van der Waals surface area contributed by atoms with Gasteiger partial charge in [0.05, 0.1) is 5.56 Å². The molecule has 1 aliphatic carbocycles. The largest absolute Gasteiger partial charge is 0.504 e. The van der Waals surface area contributed by atoms with Gasteiger partial charge < -0.3 is 10.8 Å². The first kappa shape index (κ1) is 17.6. The fourth-order valence-electron chi connectivity index (χ4n) is 4.28. The van der Waals surface area contributed by atoms with E-state index in [1.54, 1.807) is 30.7 Å². The lowest BCUT2D eigenvalue weighted by atomic mass is 10.1. The van der Waals surface area contributed by atoms with Crippen LogP contribution in [0.4, 0.5) is 5.82 Å². The molecule has 1 aromatic carbocycles. The number of hydrogen-bond donors (Lipinski definition) is 2. The number of aromatic nitrogens is 6. The number of aryl methyl sites for hydroxylation is 2. The predicted octanol–water partition coefficient (Wildman–Crippen LogP) is 3.44. The third-order valence-corrected chi connectivity index (χ3v) is 5.73. The first-order valence-electron chi connectivity index (χ1n) is 10.1. The molecule has 5 aromatic rings. The zero-order valence-electron chi connectivity index (χ0n) is 16.6. The van der Waals surface area contributed by atoms with Crippen molar-refractivity contribution < 1.29 is 5.11 Å². The number of aromatic hydroxyl groups is 1. The molecule has 8 heteroatoms. The van der Waals surface area contributed by atoms with E-state index in [-0.39, 0.29) is 5.75 Å². The number of nitrogens with zero attached hydrogens (tertiary/aromatic N) is 6. The van der Waals surface area contributed by atoms with E-state index in [4.69, 9.17) is 15.7 Å². The Hall–Kier alpha value is -4.20. The molecule has 6 rings (SSSR count). The average molecular weight is 409 g/mol. The van der Waals surface area contributed by atoms with E-state index in [0.717, 1.165) is 18.5 Å². The molecule has 4 heterocycles. The second-order valence-electron chi connectivity index (χ2n) is 7.64. The Kier molecular flexibility index (Phi) is 3.79. The number of pyridine rings is 2. The molecule has 3 N–H and O–H groups in total. The molecule has 8 nitrogen and oxygen atoms in total. The van der Waals surface area contributed by atoms with E-state index in [1.165, 1.54) is 22.2 Å². The number of rotatable bonds is 3. The standard InChI is InChI=1S/C23H19N7O/c24-20-17(6-2-9-25-20)21-27-18-13-19(31)23(29-11-3-10-26-29)28-22(18)30(21)16-8-7-14-4-1-5-15(14)12-16/h2-3,6-13,31H,1,4-5H2,(H2,24,25). The van der Waals surface area contributed by atoms with Crippen molar-refractivity contribution in [3.05, 3.63) is 72.2 Å². The Morgan fingerprint density at radius 2 is 1.87 bits per heavy atom. The molecule has 1 aliphatic rings. The quantitative estimate of drug-likeness (QED) is 0.473. The fraction of sp³-hybridized carbons (Fsp3) is 0.130. The normalized spacial score (nSPS) is 13.0. The van der Waals surface area contributed by atoms with E-state index < -0.39 is 0 Å². The minimum Gasteiger partial charge on any atom is -0.504 e. The molecule has 0 saturated carbocycles. The lowest BCUT2D eigenvalue weighted by molar-refractivity contribution is 0.468. The van der Waals surface area contributed by atoms with Crippen LogP contribution < -0.4 is 5.73 Å². The van der Waals surface area contributed by atoms with Crippen LogP contribution in [0, 0.1) is 0 Å². The minimum atomic E-state index is 0.000474. The molecule has 152 valence electrons. The molecule has 0 spiro atoms.